The van der Waals surface area contributed by atoms with Crippen molar-refractivity contribution in [3.8, 4) is 0 Å². The molecule has 110 valence electrons. The molecule has 1 N–H and O–H groups in total. The van der Waals surface area contributed by atoms with Crippen LogP contribution in [-0.4, -0.2) is 6.54 Å². The molecule has 0 amide bonds. The zero-order valence-corrected chi connectivity index (χ0v) is 13.6. The first kappa shape index (κ1) is 16.7. The van der Waals surface area contributed by atoms with Gasteiger partial charge in [0.2, 0.25) is 0 Å². The summed E-state index contributed by atoms with van der Waals surface area (Å²) in [4.78, 5) is 1.49. The molecule has 0 aliphatic heterocycles. The van der Waals surface area contributed by atoms with Crippen LogP contribution in [0.5, 0.6) is 0 Å². The molecule has 0 bridgehead atoms. The molecule has 1 nitrogen and oxygen atoms in total. The van der Waals surface area contributed by atoms with Crippen molar-refractivity contribution in [2.75, 3.05) is 6.54 Å². The molecule has 0 saturated heterocycles. The van der Waals surface area contributed by atoms with E-state index in [0.717, 1.165) is 0 Å². The van der Waals surface area contributed by atoms with Crippen molar-refractivity contribution < 1.29 is 0 Å². The number of unbranched alkanes of at least 4 members (excludes halogenated alkanes) is 7. The van der Waals surface area contributed by atoms with Crippen LogP contribution in [0.4, 0.5) is 0 Å². The molecule has 0 aliphatic rings. The maximum atomic E-state index is 3.69. The van der Waals surface area contributed by atoms with Gasteiger partial charge in [0.15, 0.2) is 0 Å². The molecule has 1 aromatic heterocycles. The highest BCUT2D eigenvalue weighted by Crippen LogP contribution is 2.21. The summed E-state index contributed by atoms with van der Waals surface area (Å²) in [6.07, 6.45) is 12.4. The standard InChI is InChI=1S/C17H31NS/c1-3-5-6-7-8-9-10-11-14-18-16(4-2)17-13-12-15-19-17/h12-13,15-16,18H,3-11,14H2,1-2H3. The van der Waals surface area contributed by atoms with Gasteiger partial charge in [-0.2, -0.15) is 0 Å². The van der Waals surface area contributed by atoms with Gasteiger partial charge in [-0.05, 0) is 30.8 Å². The van der Waals surface area contributed by atoms with Gasteiger partial charge < -0.3 is 5.32 Å². The van der Waals surface area contributed by atoms with Crippen LogP contribution in [0.15, 0.2) is 17.5 Å². The summed E-state index contributed by atoms with van der Waals surface area (Å²) in [5, 5.41) is 5.87. The Hall–Kier alpha value is -0.340. The lowest BCUT2D eigenvalue weighted by atomic mass is 10.1. The van der Waals surface area contributed by atoms with E-state index < -0.39 is 0 Å². The van der Waals surface area contributed by atoms with Gasteiger partial charge in [0.05, 0.1) is 0 Å². The first-order valence-electron chi connectivity index (χ1n) is 8.15. The molecule has 1 aromatic rings. The van der Waals surface area contributed by atoms with Gasteiger partial charge in [0.25, 0.3) is 0 Å². The van der Waals surface area contributed by atoms with Crippen LogP contribution >= 0.6 is 11.3 Å². The summed E-state index contributed by atoms with van der Waals surface area (Å²) in [6.45, 7) is 5.72. The average Bonchev–Trinajstić information content (AvgIpc) is 2.95. The van der Waals surface area contributed by atoms with Crippen molar-refractivity contribution in [3.05, 3.63) is 22.4 Å². The summed E-state index contributed by atoms with van der Waals surface area (Å²) in [5.74, 6) is 0. The molecule has 0 fully saturated rings. The quantitative estimate of drug-likeness (QED) is 0.468. The van der Waals surface area contributed by atoms with Crippen molar-refractivity contribution in [2.24, 2.45) is 0 Å². The Morgan fingerprint density at radius 2 is 1.68 bits per heavy atom. The molecule has 1 unspecified atom stereocenters. The van der Waals surface area contributed by atoms with Gasteiger partial charge in [-0.15, -0.1) is 11.3 Å². The van der Waals surface area contributed by atoms with Gasteiger partial charge in [0.1, 0.15) is 0 Å². The summed E-state index contributed by atoms with van der Waals surface area (Å²) in [5.41, 5.74) is 0. The van der Waals surface area contributed by atoms with Crippen molar-refractivity contribution in [2.45, 2.75) is 77.7 Å². The predicted molar refractivity (Wildman–Crippen MR) is 88.0 cm³/mol. The van der Waals surface area contributed by atoms with Crippen LogP contribution in [-0.2, 0) is 0 Å². The second-order valence-corrected chi connectivity index (χ2v) is 6.38. The normalized spacial score (nSPS) is 12.7. The Balaban J connectivity index is 1.95. The van der Waals surface area contributed by atoms with E-state index in [4.69, 9.17) is 0 Å². The number of nitrogens with one attached hydrogen (secondary N) is 1. The predicted octanol–water partition coefficient (Wildman–Crippen LogP) is 5.93. The lowest BCUT2D eigenvalue weighted by Crippen LogP contribution is -2.21. The second-order valence-electron chi connectivity index (χ2n) is 5.41. The number of hydrogen-bond donors (Lipinski definition) is 1. The zero-order chi connectivity index (χ0) is 13.8. The van der Waals surface area contributed by atoms with E-state index in [-0.39, 0.29) is 0 Å². The van der Waals surface area contributed by atoms with E-state index in [1.165, 1.54) is 69.2 Å². The highest BCUT2D eigenvalue weighted by Gasteiger charge is 2.08. The highest BCUT2D eigenvalue weighted by atomic mass is 32.1. The van der Waals surface area contributed by atoms with Crippen molar-refractivity contribution in [1.29, 1.82) is 0 Å². The Labute approximate surface area is 123 Å². The minimum absolute atomic E-state index is 0.574. The molecular formula is C17H31NS. The molecule has 19 heavy (non-hydrogen) atoms. The van der Waals surface area contributed by atoms with Crippen LogP contribution in [0.3, 0.4) is 0 Å². The fourth-order valence-electron chi connectivity index (χ4n) is 2.47. The SMILES string of the molecule is CCCCCCCCCCNC(CC)c1cccs1. The molecule has 0 saturated carbocycles. The van der Waals surface area contributed by atoms with Crippen molar-refractivity contribution in [3.63, 3.8) is 0 Å². The smallest absolute Gasteiger partial charge is 0.0412 e. The zero-order valence-electron chi connectivity index (χ0n) is 12.8. The Bertz CT molecular complexity index is 281. The fraction of sp³-hybridized carbons (Fsp3) is 0.765. The highest BCUT2D eigenvalue weighted by molar-refractivity contribution is 7.10. The monoisotopic (exact) mass is 281 g/mol. The molecule has 1 rings (SSSR count). The third-order valence-electron chi connectivity index (χ3n) is 3.72. The van der Waals surface area contributed by atoms with Crippen LogP contribution in [0.2, 0.25) is 0 Å². The van der Waals surface area contributed by atoms with Crippen LogP contribution in [0.25, 0.3) is 0 Å². The summed E-state index contributed by atoms with van der Waals surface area (Å²) in [7, 11) is 0. The summed E-state index contributed by atoms with van der Waals surface area (Å²) in [6, 6.07) is 4.98. The van der Waals surface area contributed by atoms with E-state index in [1.54, 1.807) is 0 Å². The molecule has 1 heterocycles. The molecular weight excluding hydrogens is 250 g/mol. The Morgan fingerprint density at radius 3 is 2.26 bits per heavy atom. The minimum Gasteiger partial charge on any atom is -0.309 e. The molecule has 0 spiro atoms. The summed E-state index contributed by atoms with van der Waals surface area (Å²) < 4.78 is 0. The third-order valence-corrected chi connectivity index (χ3v) is 4.70. The van der Waals surface area contributed by atoms with Crippen LogP contribution in [0, 0.1) is 0 Å². The Morgan fingerprint density at radius 1 is 1.00 bits per heavy atom. The first-order chi connectivity index (χ1) is 9.38. The number of rotatable bonds is 12. The van der Waals surface area contributed by atoms with E-state index in [9.17, 15) is 0 Å². The fourth-order valence-corrected chi connectivity index (χ4v) is 3.36. The maximum Gasteiger partial charge on any atom is 0.0412 e. The topological polar surface area (TPSA) is 12.0 Å². The van der Waals surface area contributed by atoms with Gasteiger partial charge >= 0.3 is 0 Å². The average molecular weight is 282 g/mol. The maximum absolute atomic E-state index is 3.69. The van der Waals surface area contributed by atoms with Crippen LogP contribution in [0.1, 0.15) is 82.6 Å². The molecule has 2 heteroatoms. The minimum atomic E-state index is 0.574. The van der Waals surface area contributed by atoms with E-state index >= 15 is 0 Å². The van der Waals surface area contributed by atoms with Crippen LogP contribution < -0.4 is 5.32 Å². The van der Waals surface area contributed by atoms with Gasteiger partial charge in [0, 0.05) is 10.9 Å². The second kappa shape index (κ2) is 11.5. The van der Waals surface area contributed by atoms with E-state index in [2.05, 4.69) is 36.7 Å². The lowest BCUT2D eigenvalue weighted by Gasteiger charge is -2.15. The lowest BCUT2D eigenvalue weighted by molar-refractivity contribution is 0.496. The number of hydrogen-bond acceptors (Lipinski definition) is 2. The van der Waals surface area contributed by atoms with E-state index in [0.29, 0.717) is 6.04 Å². The molecule has 0 radical (unpaired) electrons. The first-order valence-corrected chi connectivity index (χ1v) is 9.03. The Kier molecular flexibility index (Phi) is 10.1. The largest absolute Gasteiger partial charge is 0.309 e. The van der Waals surface area contributed by atoms with Gasteiger partial charge in [-0.3, -0.25) is 0 Å². The molecule has 0 aromatic carbocycles. The number of thiophene rings is 1. The summed E-state index contributed by atoms with van der Waals surface area (Å²) >= 11 is 1.87. The molecule has 0 aliphatic carbocycles. The van der Waals surface area contributed by atoms with E-state index in [1.807, 2.05) is 11.3 Å². The van der Waals surface area contributed by atoms with Crippen molar-refractivity contribution in [1.82, 2.24) is 5.32 Å². The third kappa shape index (κ3) is 7.74. The van der Waals surface area contributed by atoms with Crippen molar-refractivity contribution >= 4 is 11.3 Å². The van der Waals surface area contributed by atoms with Gasteiger partial charge in [-0.25, -0.2) is 0 Å². The van der Waals surface area contributed by atoms with Gasteiger partial charge in [-0.1, -0.05) is 64.9 Å². The molecule has 1 atom stereocenters.